The molecule has 154 valence electrons. The summed E-state index contributed by atoms with van der Waals surface area (Å²) in [5.74, 6) is 0.638. The number of piperidine rings is 1. The van der Waals surface area contributed by atoms with Crippen molar-refractivity contribution in [1.82, 2.24) is 9.88 Å². The summed E-state index contributed by atoms with van der Waals surface area (Å²) in [7, 11) is 0. The quantitative estimate of drug-likeness (QED) is 0.695. The first-order valence-electron chi connectivity index (χ1n) is 10.6. The monoisotopic (exact) mass is 394 g/mol. The molecule has 2 aliphatic rings. The summed E-state index contributed by atoms with van der Waals surface area (Å²) in [5, 5.41) is 0. The maximum absolute atomic E-state index is 12.8. The predicted octanol–water partition coefficient (Wildman–Crippen LogP) is 4.01. The zero-order valence-corrected chi connectivity index (χ0v) is 17.2. The highest BCUT2D eigenvalue weighted by Gasteiger charge is 2.46. The molecule has 0 radical (unpaired) electrons. The molecule has 0 N–H and O–H groups in total. The highest BCUT2D eigenvalue weighted by Crippen LogP contribution is 2.42. The van der Waals surface area contributed by atoms with E-state index < -0.39 is 0 Å². The van der Waals surface area contributed by atoms with Gasteiger partial charge in [-0.25, -0.2) is 0 Å². The Kier molecular flexibility index (Phi) is 6.26. The molecule has 1 atom stereocenters. The smallest absolute Gasteiger partial charge is 0.253 e. The van der Waals surface area contributed by atoms with Crippen molar-refractivity contribution in [2.75, 3.05) is 26.3 Å². The topological polar surface area (TPSA) is 51.7 Å². The molecule has 2 fully saturated rings. The molecular formula is C24H30N2O3. The number of likely N-dealkylation sites (tertiary alicyclic amines) is 1. The molecule has 29 heavy (non-hydrogen) atoms. The number of carbonyl (C=O) groups is 1. The first kappa shape index (κ1) is 20.0. The summed E-state index contributed by atoms with van der Waals surface area (Å²) in [4.78, 5) is 19.1. The van der Waals surface area contributed by atoms with E-state index in [2.05, 4.69) is 4.98 Å². The van der Waals surface area contributed by atoms with Crippen LogP contribution in [0.4, 0.5) is 0 Å². The first-order valence-corrected chi connectivity index (χ1v) is 10.6. The fourth-order valence-electron chi connectivity index (χ4n) is 4.68. The molecule has 2 aromatic rings. The lowest BCUT2D eigenvalue weighted by Gasteiger charge is -2.42. The van der Waals surface area contributed by atoms with Crippen molar-refractivity contribution >= 4 is 5.91 Å². The molecule has 0 aliphatic carbocycles. The highest BCUT2D eigenvalue weighted by molar-refractivity contribution is 5.94. The van der Waals surface area contributed by atoms with Crippen LogP contribution in [0.5, 0.6) is 0 Å². The van der Waals surface area contributed by atoms with Gasteiger partial charge in [0, 0.05) is 38.1 Å². The van der Waals surface area contributed by atoms with Crippen LogP contribution in [0.2, 0.25) is 0 Å². The number of rotatable bonds is 6. The van der Waals surface area contributed by atoms with E-state index in [0.717, 1.165) is 68.8 Å². The van der Waals surface area contributed by atoms with Crippen LogP contribution in [0.1, 0.15) is 47.3 Å². The van der Waals surface area contributed by atoms with Gasteiger partial charge in [0.2, 0.25) is 0 Å². The molecule has 1 aromatic carbocycles. The van der Waals surface area contributed by atoms with Crippen LogP contribution in [-0.4, -0.2) is 47.7 Å². The summed E-state index contributed by atoms with van der Waals surface area (Å²) in [6.07, 6.45) is 5.70. The molecule has 3 heterocycles. The summed E-state index contributed by atoms with van der Waals surface area (Å²) >= 11 is 0. The Balaban J connectivity index is 1.28. The number of hydrogen-bond donors (Lipinski definition) is 0. The Labute approximate surface area is 173 Å². The van der Waals surface area contributed by atoms with E-state index >= 15 is 0 Å². The van der Waals surface area contributed by atoms with Gasteiger partial charge in [-0.1, -0.05) is 23.8 Å². The Morgan fingerprint density at radius 3 is 2.86 bits per heavy atom. The predicted molar refractivity (Wildman–Crippen MR) is 112 cm³/mol. The minimum absolute atomic E-state index is 0.0856. The number of amides is 1. The van der Waals surface area contributed by atoms with Crippen molar-refractivity contribution in [2.24, 2.45) is 5.92 Å². The molecule has 5 nitrogen and oxygen atoms in total. The third-order valence-corrected chi connectivity index (χ3v) is 6.35. The summed E-state index contributed by atoms with van der Waals surface area (Å²) < 4.78 is 12.1. The normalized spacial score (nSPS) is 20.9. The van der Waals surface area contributed by atoms with E-state index in [0.29, 0.717) is 12.5 Å². The van der Waals surface area contributed by atoms with Gasteiger partial charge in [0.15, 0.2) is 0 Å². The van der Waals surface area contributed by atoms with Gasteiger partial charge in [0.1, 0.15) is 0 Å². The average molecular weight is 395 g/mol. The minimum Gasteiger partial charge on any atom is -0.375 e. The molecule has 0 bridgehead atoms. The van der Waals surface area contributed by atoms with E-state index in [4.69, 9.17) is 9.47 Å². The van der Waals surface area contributed by atoms with E-state index in [-0.39, 0.29) is 11.5 Å². The lowest BCUT2D eigenvalue weighted by atomic mass is 9.78. The van der Waals surface area contributed by atoms with Crippen molar-refractivity contribution in [3.05, 3.63) is 65.5 Å². The largest absolute Gasteiger partial charge is 0.375 e. The van der Waals surface area contributed by atoms with Crippen LogP contribution < -0.4 is 0 Å². The lowest BCUT2D eigenvalue weighted by Crippen LogP contribution is -2.49. The Morgan fingerprint density at radius 2 is 2.10 bits per heavy atom. The second kappa shape index (κ2) is 9.06. The minimum atomic E-state index is -0.0856. The van der Waals surface area contributed by atoms with Crippen LogP contribution >= 0.6 is 0 Å². The zero-order valence-electron chi connectivity index (χ0n) is 17.2. The maximum atomic E-state index is 12.8. The fraction of sp³-hybridized carbons (Fsp3) is 0.500. The number of aryl methyl sites for hydroxylation is 1. The molecular weight excluding hydrogens is 364 g/mol. The molecule has 0 unspecified atom stereocenters. The van der Waals surface area contributed by atoms with Gasteiger partial charge >= 0.3 is 0 Å². The second-order valence-electron chi connectivity index (χ2n) is 8.22. The van der Waals surface area contributed by atoms with Crippen molar-refractivity contribution in [1.29, 1.82) is 0 Å². The molecule has 1 spiro atoms. The highest BCUT2D eigenvalue weighted by atomic mass is 16.5. The van der Waals surface area contributed by atoms with Gasteiger partial charge in [-0.2, -0.15) is 0 Å². The van der Waals surface area contributed by atoms with Crippen molar-refractivity contribution < 1.29 is 14.3 Å². The van der Waals surface area contributed by atoms with Gasteiger partial charge in [0.05, 0.1) is 17.9 Å². The Morgan fingerprint density at radius 1 is 1.24 bits per heavy atom. The van der Waals surface area contributed by atoms with Gasteiger partial charge < -0.3 is 14.4 Å². The van der Waals surface area contributed by atoms with Crippen LogP contribution in [0.15, 0.2) is 48.7 Å². The third-order valence-electron chi connectivity index (χ3n) is 6.35. The maximum Gasteiger partial charge on any atom is 0.253 e. The van der Waals surface area contributed by atoms with Gasteiger partial charge in [-0.3, -0.25) is 9.78 Å². The molecule has 2 aliphatic heterocycles. The number of nitrogens with zero attached hydrogens (tertiary/aromatic N) is 2. The third kappa shape index (κ3) is 4.68. The van der Waals surface area contributed by atoms with Crippen molar-refractivity contribution in [2.45, 2.75) is 44.8 Å². The molecule has 2 saturated heterocycles. The average Bonchev–Trinajstić information content (AvgIpc) is 3.14. The second-order valence-corrected chi connectivity index (χ2v) is 8.22. The summed E-state index contributed by atoms with van der Waals surface area (Å²) in [5.41, 5.74) is 2.78. The molecule has 1 amide bonds. The number of benzene rings is 1. The van der Waals surface area contributed by atoms with Crippen LogP contribution in [0.25, 0.3) is 0 Å². The van der Waals surface area contributed by atoms with Gasteiger partial charge in [-0.15, -0.1) is 0 Å². The van der Waals surface area contributed by atoms with Crippen LogP contribution in [-0.2, 0) is 16.1 Å². The molecule has 4 rings (SSSR count). The molecule has 0 saturated carbocycles. The molecule has 1 aromatic heterocycles. The molecule has 5 heteroatoms. The van der Waals surface area contributed by atoms with E-state index in [1.807, 2.05) is 54.3 Å². The van der Waals surface area contributed by atoms with E-state index in [9.17, 15) is 4.79 Å². The Bertz CT molecular complexity index is 816. The Hall–Kier alpha value is -2.24. The van der Waals surface area contributed by atoms with E-state index in [1.54, 1.807) is 6.20 Å². The number of aromatic nitrogens is 1. The van der Waals surface area contributed by atoms with Gasteiger partial charge in [-0.05, 0) is 62.8 Å². The summed E-state index contributed by atoms with van der Waals surface area (Å²) in [6.45, 7) is 5.64. The SMILES string of the molecule is Cc1cccc(C(=O)N2CCC3(CC2)OCC[C@@H]3CCOCc2ccccn2)c1. The van der Waals surface area contributed by atoms with Gasteiger partial charge in [0.25, 0.3) is 5.91 Å². The van der Waals surface area contributed by atoms with Crippen molar-refractivity contribution in [3.8, 4) is 0 Å². The van der Waals surface area contributed by atoms with Crippen LogP contribution in [0.3, 0.4) is 0 Å². The number of hydrogen-bond acceptors (Lipinski definition) is 4. The lowest BCUT2D eigenvalue weighted by molar-refractivity contribution is -0.0675. The van der Waals surface area contributed by atoms with E-state index in [1.165, 1.54) is 0 Å². The summed E-state index contributed by atoms with van der Waals surface area (Å²) in [6, 6.07) is 13.7. The fourth-order valence-corrected chi connectivity index (χ4v) is 4.68. The number of pyridine rings is 1. The number of carbonyl (C=O) groups excluding carboxylic acids is 1. The zero-order chi connectivity index (χ0) is 20.1. The standard InChI is InChI=1S/C24H30N2O3/c1-19-5-4-6-20(17-19)23(27)26-13-10-24(11-14-26)21(9-16-29-24)8-15-28-18-22-7-2-3-12-25-22/h2-7,12,17,21H,8-11,13-16,18H2,1H3/t21-/m0/s1. The van der Waals surface area contributed by atoms with Crippen molar-refractivity contribution in [3.63, 3.8) is 0 Å². The first-order chi connectivity index (χ1) is 14.2. The number of ether oxygens (including phenoxy) is 2. The van der Waals surface area contributed by atoms with Crippen LogP contribution in [0, 0.1) is 12.8 Å².